The number of benzene rings is 1. The first-order chi connectivity index (χ1) is 10.2. The van der Waals surface area contributed by atoms with E-state index in [0.717, 1.165) is 19.3 Å². The Morgan fingerprint density at radius 3 is 2.05 bits per heavy atom. The third-order valence-corrected chi connectivity index (χ3v) is 4.62. The van der Waals surface area contributed by atoms with Crippen LogP contribution in [-0.4, -0.2) is 36.1 Å². The number of hydrogen-bond donors (Lipinski definition) is 0. The average molecular weight is 305 g/mol. The van der Waals surface area contributed by atoms with Crippen molar-refractivity contribution in [3.63, 3.8) is 0 Å². The van der Waals surface area contributed by atoms with Crippen LogP contribution < -0.4 is 9.47 Å². The molecule has 4 nitrogen and oxygen atoms in total. The van der Waals surface area contributed by atoms with Gasteiger partial charge in [0.05, 0.1) is 14.2 Å². The lowest BCUT2D eigenvalue weighted by Crippen LogP contribution is -2.60. The predicted octanol–water partition coefficient (Wildman–Crippen LogP) is 3.89. The molecular formula is C18H27NO3. The highest BCUT2D eigenvalue weighted by Crippen LogP contribution is 2.40. The molecule has 0 spiro atoms. The van der Waals surface area contributed by atoms with Crippen LogP contribution in [0.25, 0.3) is 0 Å². The summed E-state index contributed by atoms with van der Waals surface area (Å²) in [6.45, 7) is 8.58. The normalized spacial score (nSPS) is 19.6. The van der Waals surface area contributed by atoms with Gasteiger partial charge < -0.3 is 14.4 Å². The summed E-state index contributed by atoms with van der Waals surface area (Å²) in [5, 5.41) is 0. The molecule has 1 amide bonds. The van der Waals surface area contributed by atoms with Gasteiger partial charge in [0.25, 0.3) is 5.91 Å². The van der Waals surface area contributed by atoms with Crippen LogP contribution in [0.5, 0.6) is 11.5 Å². The fourth-order valence-electron chi connectivity index (χ4n) is 3.64. The van der Waals surface area contributed by atoms with E-state index in [2.05, 4.69) is 27.7 Å². The van der Waals surface area contributed by atoms with Gasteiger partial charge in [-0.2, -0.15) is 0 Å². The number of ether oxygens (including phenoxy) is 2. The molecule has 0 bridgehead atoms. The van der Waals surface area contributed by atoms with E-state index in [4.69, 9.17) is 9.47 Å². The van der Waals surface area contributed by atoms with E-state index >= 15 is 0 Å². The van der Waals surface area contributed by atoms with Gasteiger partial charge in [-0.3, -0.25) is 4.79 Å². The van der Waals surface area contributed by atoms with Gasteiger partial charge in [-0.15, -0.1) is 0 Å². The van der Waals surface area contributed by atoms with Crippen LogP contribution in [0, 0.1) is 0 Å². The van der Waals surface area contributed by atoms with Gasteiger partial charge in [0.15, 0.2) is 11.5 Å². The number of amides is 1. The maximum absolute atomic E-state index is 13.1. The van der Waals surface area contributed by atoms with Crippen molar-refractivity contribution in [3.05, 3.63) is 23.8 Å². The summed E-state index contributed by atoms with van der Waals surface area (Å²) in [6.07, 6.45) is 3.20. The lowest BCUT2D eigenvalue weighted by molar-refractivity contribution is -0.0112. The lowest BCUT2D eigenvalue weighted by Gasteiger charge is -2.53. The Balaban J connectivity index is 2.41. The smallest absolute Gasteiger partial charge is 0.254 e. The van der Waals surface area contributed by atoms with E-state index in [9.17, 15) is 4.79 Å². The number of piperidine rings is 1. The molecule has 0 saturated carbocycles. The Labute approximate surface area is 133 Å². The summed E-state index contributed by atoms with van der Waals surface area (Å²) in [5.41, 5.74) is 0.346. The average Bonchev–Trinajstić information content (AvgIpc) is 2.44. The number of likely N-dealkylation sites (tertiary alicyclic amines) is 1. The number of nitrogens with zero attached hydrogens (tertiary/aromatic N) is 1. The Morgan fingerprint density at radius 2 is 1.55 bits per heavy atom. The number of carbonyl (C=O) groups is 1. The maximum Gasteiger partial charge on any atom is 0.254 e. The fourth-order valence-corrected chi connectivity index (χ4v) is 3.64. The largest absolute Gasteiger partial charge is 0.493 e. The monoisotopic (exact) mass is 305 g/mol. The minimum atomic E-state index is -0.147. The summed E-state index contributed by atoms with van der Waals surface area (Å²) in [4.78, 5) is 15.2. The van der Waals surface area contributed by atoms with Crippen LogP contribution in [0.3, 0.4) is 0 Å². The molecule has 0 radical (unpaired) electrons. The molecule has 0 N–H and O–H groups in total. The summed E-state index contributed by atoms with van der Waals surface area (Å²) in [5.74, 6) is 1.27. The summed E-state index contributed by atoms with van der Waals surface area (Å²) in [7, 11) is 3.18. The van der Waals surface area contributed by atoms with Crippen molar-refractivity contribution in [2.24, 2.45) is 0 Å². The zero-order chi connectivity index (χ0) is 16.5. The van der Waals surface area contributed by atoms with Crippen molar-refractivity contribution in [2.75, 3.05) is 14.2 Å². The summed E-state index contributed by atoms with van der Waals surface area (Å²) in [6, 6.07) is 5.36. The third kappa shape index (κ3) is 2.92. The van der Waals surface area contributed by atoms with Crippen LogP contribution in [0.4, 0.5) is 0 Å². The molecule has 0 aliphatic carbocycles. The van der Waals surface area contributed by atoms with E-state index in [1.807, 2.05) is 11.0 Å². The first-order valence-electron chi connectivity index (χ1n) is 7.79. The second kappa shape index (κ2) is 5.82. The van der Waals surface area contributed by atoms with Crippen molar-refractivity contribution >= 4 is 5.91 Å². The number of hydrogen-bond acceptors (Lipinski definition) is 3. The van der Waals surface area contributed by atoms with Gasteiger partial charge in [-0.1, -0.05) is 0 Å². The molecule has 1 heterocycles. The minimum Gasteiger partial charge on any atom is -0.493 e. The second-order valence-corrected chi connectivity index (χ2v) is 7.19. The minimum absolute atomic E-state index is 0.0515. The second-order valence-electron chi connectivity index (χ2n) is 7.19. The first kappa shape index (κ1) is 16.7. The van der Waals surface area contributed by atoms with Gasteiger partial charge >= 0.3 is 0 Å². The fraction of sp³-hybridized carbons (Fsp3) is 0.611. The molecule has 0 atom stereocenters. The molecule has 122 valence electrons. The number of carbonyl (C=O) groups excluding carboxylic acids is 1. The molecule has 0 aromatic heterocycles. The van der Waals surface area contributed by atoms with Gasteiger partial charge in [-0.05, 0) is 65.2 Å². The van der Waals surface area contributed by atoms with E-state index < -0.39 is 0 Å². The Morgan fingerprint density at radius 1 is 1.00 bits per heavy atom. The van der Waals surface area contributed by atoms with Crippen LogP contribution in [-0.2, 0) is 0 Å². The van der Waals surface area contributed by atoms with Crippen molar-refractivity contribution < 1.29 is 14.3 Å². The molecule has 1 saturated heterocycles. The predicted molar refractivity (Wildman–Crippen MR) is 87.7 cm³/mol. The molecule has 22 heavy (non-hydrogen) atoms. The molecule has 1 aromatic rings. The molecular weight excluding hydrogens is 278 g/mol. The van der Waals surface area contributed by atoms with Crippen LogP contribution in [0.15, 0.2) is 18.2 Å². The highest BCUT2D eigenvalue weighted by Gasteiger charge is 2.44. The Hall–Kier alpha value is -1.71. The lowest BCUT2D eigenvalue weighted by atomic mass is 9.79. The van der Waals surface area contributed by atoms with Crippen molar-refractivity contribution in [3.8, 4) is 11.5 Å². The quantitative estimate of drug-likeness (QED) is 0.850. The van der Waals surface area contributed by atoms with E-state index in [-0.39, 0.29) is 17.0 Å². The maximum atomic E-state index is 13.1. The van der Waals surface area contributed by atoms with Gasteiger partial charge in [0.2, 0.25) is 0 Å². The molecule has 0 unspecified atom stereocenters. The molecule has 1 fully saturated rings. The molecule has 1 aliphatic rings. The highest BCUT2D eigenvalue weighted by atomic mass is 16.5. The SMILES string of the molecule is COc1ccc(C(=O)N2C(C)(C)CCCC2(C)C)cc1OC. The number of methoxy groups -OCH3 is 2. The topological polar surface area (TPSA) is 38.8 Å². The Kier molecular flexibility index (Phi) is 4.41. The summed E-state index contributed by atoms with van der Waals surface area (Å²) >= 11 is 0. The van der Waals surface area contributed by atoms with Crippen molar-refractivity contribution in [1.82, 2.24) is 4.90 Å². The van der Waals surface area contributed by atoms with E-state index in [0.29, 0.717) is 17.1 Å². The van der Waals surface area contributed by atoms with Crippen molar-refractivity contribution in [2.45, 2.75) is 58.0 Å². The van der Waals surface area contributed by atoms with Gasteiger partial charge in [0.1, 0.15) is 0 Å². The van der Waals surface area contributed by atoms with Gasteiger partial charge in [-0.25, -0.2) is 0 Å². The standard InChI is InChI=1S/C18H27NO3/c1-17(2)10-7-11-18(3,4)19(17)16(20)13-8-9-14(21-5)15(12-13)22-6/h8-9,12H,7,10-11H2,1-6H3. The molecule has 2 rings (SSSR count). The van der Waals surface area contributed by atoms with Gasteiger partial charge in [0, 0.05) is 16.6 Å². The molecule has 1 aliphatic heterocycles. The van der Waals surface area contributed by atoms with E-state index in [1.165, 1.54) is 0 Å². The van der Waals surface area contributed by atoms with Crippen LogP contribution in [0.2, 0.25) is 0 Å². The van der Waals surface area contributed by atoms with Crippen LogP contribution >= 0.6 is 0 Å². The van der Waals surface area contributed by atoms with Crippen molar-refractivity contribution in [1.29, 1.82) is 0 Å². The zero-order valence-corrected chi connectivity index (χ0v) is 14.5. The zero-order valence-electron chi connectivity index (χ0n) is 14.5. The highest BCUT2D eigenvalue weighted by molar-refractivity contribution is 5.96. The summed E-state index contributed by atoms with van der Waals surface area (Å²) < 4.78 is 10.6. The molecule has 4 heteroatoms. The Bertz CT molecular complexity index is 547. The third-order valence-electron chi connectivity index (χ3n) is 4.62. The van der Waals surface area contributed by atoms with Crippen LogP contribution in [0.1, 0.15) is 57.3 Å². The first-order valence-corrected chi connectivity index (χ1v) is 7.79. The van der Waals surface area contributed by atoms with E-state index in [1.54, 1.807) is 26.4 Å². The number of rotatable bonds is 3. The molecule has 1 aromatic carbocycles.